The highest BCUT2D eigenvalue weighted by Gasteiger charge is 2.25. The van der Waals surface area contributed by atoms with Gasteiger partial charge in [0.15, 0.2) is 5.78 Å². The van der Waals surface area contributed by atoms with Crippen LogP contribution in [-0.4, -0.2) is 24.1 Å². The second-order valence-electron chi connectivity index (χ2n) is 2.67. The van der Waals surface area contributed by atoms with E-state index in [-0.39, 0.29) is 5.78 Å². The first kappa shape index (κ1) is 8.27. The van der Waals surface area contributed by atoms with Crippen molar-refractivity contribution in [1.29, 1.82) is 0 Å². The first-order valence-corrected chi connectivity index (χ1v) is 3.63. The molecule has 0 radical (unpaired) electrons. The Morgan fingerprint density at radius 1 is 1.64 bits per heavy atom. The number of carbonyl (C=O) groups is 1. The van der Waals surface area contributed by atoms with Crippen molar-refractivity contribution in [3.05, 3.63) is 11.3 Å². The van der Waals surface area contributed by atoms with Crippen LogP contribution in [-0.2, 0) is 9.53 Å². The second kappa shape index (κ2) is 3.05. The molecule has 3 nitrogen and oxygen atoms in total. The van der Waals surface area contributed by atoms with Gasteiger partial charge in [-0.3, -0.25) is 4.79 Å². The van der Waals surface area contributed by atoms with Crippen molar-refractivity contribution in [1.82, 2.24) is 0 Å². The fourth-order valence-corrected chi connectivity index (χ4v) is 1.23. The number of rotatable bonds is 1. The molecule has 3 heteroatoms. The number of carbonyl (C=O) groups excluding carboxylic acids is 1. The van der Waals surface area contributed by atoms with Gasteiger partial charge >= 0.3 is 0 Å². The molecule has 0 bridgehead atoms. The lowest BCUT2D eigenvalue weighted by Gasteiger charge is -2.19. The maximum atomic E-state index is 11.1. The van der Waals surface area contributed by atoms with Crippen LogP contribution in [0.4, 0.5) is 0 Å². The van der Waals surface area contributed by atoms with Gasteiger partial charge in [0.1, 0.15) is 11.9 Å². The minimum absolute atomic E-state index is 0.201. The topological polar surface area (TPSA) is 46.5 Å². The van der Waals surface area contributed by atoms with E-state index in [1.54, 1.807) is 14.0 Å². The largest absolute Gasteiger partial charge is 0.501 e. The van der Waals surface area contributed by atoms with Gasteiger partial charge in [-0.15, -0.1) is 0 Å². The average Bonchev–Trinajstić information content (AvgIpc) is 2.01. The van der Waals surface area contributed by atoms with E-state index in [0.717, 1.165) is 0 Å². The van der Waals surface area contributed by atoms with E-state index in [4.69, 9.17) is 9.84 Å². The summed E-state index contributed by atoms with van der Waals surface area (Å²) in [6.45, 7) is 1.68. The Hall–Kier alpha value is -0.830. The summed E-state index contributed by atoms with van der Waals surface area (Å²) in [5, 5.41) is 9.12. The molecule has 0 aromatic rings. The fourth-order valence-electron chi connectivity index (χ4n) is 1.23. The Bertz CT molecular complexity index is 205. The van der Waals surface area contributed by atoms with Crippen LogP contribution < -0.4 is 0 Å². The van der Waals surface area contributed by atoms with Crippen LogP contribution in [0, 0.1) is 0 Å². The van der Waals surface area contributed by atoms with Gasteiger partial charge in [0.25, 0.3) is 0 Å². The third kappa shape index (κ3) is 1.43. The number of hydrogen-bond acceptors (Lipinski definition) is 3. The maximum absolute atomic E-state index is 11.1. The summed E-state index contributed by atoms with van der Waals surface area (Å²) in [6, 6.07) is 0. The van der Waals surface area contributed by atoms with Crippen LogP contribution in [0.15, 0.2) is 11.3 Å². The van der Waals surface area contributed by atoms with Crippen LogP contribution in [0.3, 0.4) is 0 Å². The Kier molecular flexibility index (Phi) is 2.29. The van der Waals surface area contributed by atoms with Gasteiger partial charge in [-0.05, 0) is 13.3 Å². The molecule has 1 N–H and O–H groups in total. The summed E-state index contributed by atoms with van der Waals surface area (Å²) >= 11 is 0. The average molecular weight is 156 g/mol. The van der Waals surface area contributed by atoms with Gasteiger partial charge in [0.05, 0.1) is 7.11 Å². The highest BCUT2D eigenvalue weighted by Crippen LogP contribution is 2.21. The zero-order chi connectivity index (χ0) is 8.43. The molecule has 62 valence electrons. The molecule has 0 spiro atoms. The normalized spacial score (nSPS) is 25.7. The van der Waals surface area contributed by atoms with E-state index >= 15 is 0 Å². The lowest BCUT2D eigenvalue weighted by molar-refractivity contribution is -0.124. The van der Waals surface area contributed by atoms with Crippen LogP contribution in [0.25, 0.3) is 0 Å². The summed E-state index contributed by atoms with van der Waals surface area (Å²) in [5.74, 6) is 0.508. The Balaban J connectivity index is 2.87. The van der Waals surface area contributed by atoms with Crippen molar-refractivity contribution in [3.8, 4) is 0 Å². The second-order valence-corrected chi connectivity index (χ2v) is 2.67. The van der Waals surface area contributed by atoms with Gasteiger partial charge in [0, 0.05) is 12.0 Å². The molecule has 0 aromatic carbocycles. The highest BCUT2D eigenvalue weighted by molar-refractivity contribution is 5.99. The monoisotopic (exact) mass is 156 g/mol. The van der Waals surface area contributed by atoms with Crippen molar-refractivity contribution in [2.75, 3.05) is 7.11 Å². The van der Waals surface area contributed by atoms with Crippen molar-refractivity contribution in [2.24, 2.45) is 0 Å². The van der Waals surface area contributed by atoms with Gasteiger partial charge in [0.2, 0.25) is 0 Å². The number of hydrogen-bond donors (Lipinski definition) is 1. The molecule has 0 saturated heterocycles. The fraction of sp³-hybridized carbons (Fsp3) is 0.625. The van der Waals surface area contributed by atoms with Crippen molar-refractivity contribution < 1.29 is 14.6 Å². The summed E-state index contributed by atoms with van der Waals surface area (Å²) in [7, 11) is 1.55. The van der Waals surface area contributed by atoms with E-state index in [1.807, 2.05) is 0 Å². The molecule has 0 fully saturated rings. The molecule has 1 aliphatic carbocycles. The number of ether oxygens (including phenoxy) is 1. The smallest absolute Gasteiger partial charge is 0.190 e. The zero-order valence-corrected chi connectivity index (χ0v) is 6.76. The lowest BCUT2D eigenvalue weighted by Crippen LogP contribution is -2.26. The SMILES string of the molecule is COC1=C(C)C(=O)[C@@H](O)CC1. The van der Waals surface area contributed by atoms with E-state index in [1.165, 1.54) is 0 Å². The van der Waals surface area contributed by atoms with Crippen LogP contribution in [0.2, 0.25) is 0 Å². The quantitative estimate of drug-likeness (QED) is 0.605. The van der Waals surface area contributed by atoms with E-state index in [2.05, 4.69) is 0 Å². The molecule has 0 aliphatic heterocycles. The molecule has 11 heavy (non-hydrogen) atoms. The van der Waals surface area contributed by atoms with Crippen LogP contribution >= 0.6 is 0 Å². The van der Waals surface area contributed by atoms with E-state index in [9.17, 15) is 4.79 Å². The van der Waals surface area contributed by atoms with E-state index < -0.39 is 6.10 Å². The number of aliphatic hydroxyl groups is 1. The molecule has 1 rings (SSSR count). The molecule has 0 unspecified atom stereocenters. The first-order valence-electron chi connectivity index (χ1n) is 3.63. The Morgan fingerprint density at radius 2 is 2.27 bits per heavy atom. The summed E-state index contributed by atoms with van der Waals surface area (Å²) in [4.78, 5) is 11.1. The lowest BCUT2D eigenvalue weighted by atomic mass is 9.95. The summed E-state index contributed by atoms with van der Waals surface area (Å²) < 4.78 is 4.97. The van der Waals surface area contributed by atoms with Crippen molar-refractivity contribution in [3.63, 3.8) is 0 Å². The van der Waals surface area contributed by atoms with Crippen LogP contribution in [0.5, 0.6) is 0 Å². The maximum Gasteiger partial charge on any atom is 0.190 e. The van der Waals surface area contributed by atoms with Gasteiger partial charge < -0.3 is 9.84 Å². The molecule has 0 amide bonds. The molecular weight excluding hydrogens is 144 g/mol. The Morgan fingerprint density at radius 3 is 2.82 bits per heavy atom. The molecule has 0 saturated carbocycles. The molecule has 0 heterocycles. The number of Topliss-reactive ketones (excluding diaryl/α,β-unsaturated/α-hetero) is 1. The number of methoxy groups -OCH3 is 1. The molecule has 0 aromatic heterocycles. The molecule has 1 atom stereocenters. The minimum atomic E-state index is -0.811. The third-order valence-electron chi connectivity index (χ3n) is 1.98. The van der Waals surface area contributed by atoms with E-state index in [0.29, 0.717) is 24.2 Å². The predicted octanol–water partition coefficient (Wildman–Crippen LogP) is 0.631. The summed E-state index contributed by atoms with van der Waals surface area (Å²) in [5.41, 5.74) is 0.561. The zero-order valence-electron chi connectivity index (χ0n) is 6.76. The number of ketones is 1. The van der Waals surface area contributed by atoms with Gasteiger partial charge in [-0.25, -0.2) is 0 Å². The standard InChI is InChI=1S/C8H12O3/c1-5-7(11-2)4-3-6(9)8(5)10/h6,9H,3-4H2,1-2H3/t6-/m0/s1. The van der Waals surface area contributed by atoms with Gasteiger partial charge in [-0.2, -0.15) is 0 Å². The number of aliphatic hydroxyl groups excluding tert-OH is 1. The minimum Gasteiger partial charge on any atom is -0.501 e. The summed E-state index contributed by atoms with van der Waals surface area (Å²) in [6.07, 6.45) is 0.336. The molecular formula is C8H12O3. The van der Waals surface area contributed by atoms with Crippen LogP contribution in [0.1, 0.15) is 19.8 Å². The van der Waals surface area contributed by atoms with Gasteiger partial charge in [-0.1, -0.05) is 0 Å². The highest BCUT2D eigenvalue weighted by atomic mass is 16.5. The van der Waals surface area contributed by atoms with Crippen molar-refractivity contribution in [2.45, 2.75) is 25.9 Å². The first-order chi connectivity index (χ1) is 5.16. The Labute approximate surface area is 65.7 Å². The third-order valence-corrected chi connectivity index (χ3v) is 1.98. The number of allylic oxidation sites excluding steroid dienone is 1. The predicted molar refractivity (Wildman–Crippen MR) is 40.0 cm³/mol. The molecule has 1 aliphatic rings. The van der Waals surface area contributed by atoms with Crippen molar-refractivity contribution >= 4 is 5.78 Å².